The van der Waals surface area contributed by atoms with E-state index in [0.29, 0.717) is 0 Å². The van der Waals surface area contributed by atoms with E-state index in [-0.39, 0.29) is 18.2 Å². The van der Waals surface area contributed by atoms with Crippen molar-refractivity contribution in [1.29, 1.82) is 0 Å². The molecular weight excluding hydrogens is 242 g/mol. The van der Waals surface area contributed by atoms with Crippen LogP contribution >= 0.6 is 0 Å². The van der Waals surface area contributed by atoms with E-state index < -0.39 is 0 Å². The van der Waals surface area contributed by atoms with Crippen molar-refractivity contribution in [3.05, 3.63) is 0 Å². The quantitative estimate of drug-likeness (QED) is 0.773. The molecule has 0 aromatic carbocycles. The first-order chi connectivity index (χ1) is 9.10. The number of carbonyl (C=O) groups excluding carboxylic acids is 1. The first-order valence-electron chi connectivity index (χ1n) is 7.51. The summed E-state index contributed by atoms with van der Waals surface area (Å²) in [5, 5.41) is 0. The predicted octanol–water partition coefficient (Wildman–Crippen LogP) is 1.24. The Balaban J connectivity index is 1.78. The van der Waals surface area contributed by atoms with Crippen molar-refractivity contribution in [3.63, 3.8) is 0 Å². The van der Waals surface area contributed by atoms with Crippen LogP contribution in [0.5, 0.6) is 0 Å². The number of hydrogen-bond acceptors (Lipinski definition) is 3. The van der Waals surface area contributed by atoms with E-state index in [2.05, 4.69) is 25.7 Å². The monoisotopic (exact) mass is 269 g/mol. The molecule has 2 fully saturated rings. The molecule has 5 nitrogen and oxygen atoms in total. The standard InChI is InChI=1S/C14H27N3O2/c1-4-15-7-9-16(10-8-15)14(18)17-6-5-13(11-17)19-12(2)3/h12-13H,4-11H2,1-3H3. The van der Waals surface area contributed by atoms with Gasteiger partial charge in [0.2, 0.25) is 0 Å². The maximum absolute atomic E-state index is 12.4. The summed E-state index contributed by atoms with van der Waals surface area (Å²) in [5.41, 5.74) is 0. The van der Waals surface area contributed by atoms with Crippen molar-refractivity contribution in [2.45, 2.75) is 39.4 Å². The molecule has 0 bridgehead atoms. The molecule has 0 N–H and O–H groups in total. The lowest BCUT2D eigenvalue weighted by molar-refractivity contribution is 0.0145. The van der Waals surface area contributed by atoms with Gasteiger partial charge >= 0.3 is 6.03 Å². The number of urea groups is 1. The van der Waals surface area contributed by atoms with Gasteiger partial charge in [-0.1, -0.05) is 6.92 Å². The summed E-state index contributed by atoms with van der Waals surface area (Å²) in [7, 11) is 0. The fourth-order valence-electron chi connectivity index (χ4n) is 2.85. The first-order valence-corrected chi connectivity index (χ1v) is 7.51. The molecule has 5 heteroatoms. The van der Waals surface area contributed by atoms with Gasteiger partial charge < -0.3 is 19.4 Å². The molecule has 2 aliphatic rings. The molecule has 2 rings (SSSR count). The van der Waals surface area contributed by atoms with E-state index in [0.717, 1.165) is 52.2 Å². The smallest absolute Gasteiger partial charge is 0.320 e. The second-order valence-electron chi connectivity index (χ2n) is 5.75. The molecule has 19 heavy (non-hydrogen) atoms. The van der Waals surface area contributed by atoms with E-state index in [9.17, 15) is 4.79 Å². The highest BCUT2D eigenvalue weighted by Crippen LogP contribution is 2.17. The SMILES string of the molecule is CCN1CCN(C(=O)N2CCC(OC(C)C)C2)CC1. The number of hydrogen-bond donors (Lipinski definition) is 0. The Hall–Kier alpha value is -0.810. The van der Waals surface area contributed by atoms with Crippen molar-refractivity contribution in [2.75, 3.05) is 45.8 Å². The third kappa shape index (κ3) is 3.83. The van der Waals surface area contributed by atoms with Gasteiger partial charge in [0.15, 0.2) is 0 Å². The highest BCUT2D eigenvalue weighted by Gasteiger charge is 2.31. The first kappa shape index (κ1) is 14.6. The van der Waals surface area contributed by atoms with Crippen molar-refractivity contribution in [3.8, 4) is 0 Å². The molecule has 1 atom stereocenters. The third-order valence-corrected chi connectivity index (χ3v) is 3.97. The summed E-state index contributed by atoms with van der Waals surface area (Å²) < 4.78 is 5.79. The molecule has 2 amide bonds. The largest absolute Gasteiger partial charge is 0.374 e. The zero-order valence-electron chi connectivity index (χ0n) is 12.5. The molecule has 1 unspecified atom stereocenters. The Bertz CT molecular complexity index is 301. The van der Waals surface area contributed by atoms with Gasteiger partial charge in [-0.05, 0) is 26.8 Å². The Labute approximate surface area is 116 Å². The maximum atomic E-state index is 12.4. The Morgan fingerprint density at radius 1 is 1.16 bits per heavy atom. The minimum absolute atomic E-state index is 0.200. The molecular formula is C14H27N3O2. The molecule has 0 spiro atoms. The minimum atomic E-state index is 0.200. The number of carbonyl (C=O) groups is 1. The van der Waals surface area contributed by atoms with Gasteiger partial charge in [-0.2, -0.15) is 0 Å². The predicted molar refractivity (Wildman–Crippen MR) is 75.3 cm³/mol. The zero-order valence-corrected chi connectivity index (χ0v) is 12.5. The van der Waals surface area contributed by atoms with Crippen LogP contribution in [0.15, 0.2) is 0 Å². The molecule has 0 saturated carbocycles. The van der Waals surface area contributed by atoms with Crippen molar-refractivity contribution in [2.24, 2.45) is 0 Å². The minimum Gasteiger partial charge on any atom is -0.374 e. The molecule has 0 aliphatic carbocycles. The van der Waals surface area contributed by atoms with Crippen LogP contribution in [0.3, 0.4) is 0 Å². The van der Waals surface area contributed by atoms with Crippen LogP contribution in [0.1, 0.15) is 27.2 Å². The van der Waals surface area contributed by atoms with Crippen LogP contribution in [-0.4, -0.2) is 78.8 Å². The summed E-state index contributed by atoms with van der Waals surface area (Å²) in [5.74, 6) is 0. The van der Waals surface area contributed by atoms with Gasteiger partial charge in [0, 0.05) is 39.3 Å². The number of rotatable bonds is 3. The van der Waals surface area contributed by atoms with Gasteiger partial charge in [-0.3, -0.25) is 0 Å². The lowest BCUT2D eigenvalue weighted by Crippen LogP contribution is -2.52. The summed E-state index contributed by atoms with van der Waals surface area (Å²) in [6.07, 6.45) is 1.44. The van der Waals surface area contributed by atoms with Crippen molar-refractivity contribution < 1.29 is 9.53 Å². The number of nitrogens with zero attached hydrogens (tertiary/aromatic N) is 3. The summed E-state index contributed by atoms with van der Waals surface area (Å²) in [4.78, 5) is 18.7. The normalized spacial score (nSPS) is 25.4. The molecule has 110 valence electrons. The number of amides is 2. The van der Waals surface area contributed by atoms with Crippen LogP contribution in [0, 0.1) is 0 Å². The number of likely N-dealkylation sites (N-methyl/N-ethyl adjacent to an activating group) is 1. The van der Waals surface area contributed by atoms with E-state index in [1.54, 1.807) is 0 Å². The number of piperazine rings is 1. The average Bonchev–Trinajstić information content (AvgIpc) is 2.85. The third-order valence-electron chi connectivity index (χ3n) is 3.97. The Morgan fingerprint density at radius 3 is 2.42 bits per heavy atom. The fourth-order valence-corrected chi connectivity index (χ4v) is 2.85. The van der Waals surface area contributed by atoms with Crippen LogP contribution in [0.25, 0.3) is 0 Å². The Kier molecular flexibility index (Phi) is 5.05. The summed E-state index contributed by atoms with van der Waals surface area (Å²) in [6, 6.07) is 0.200. The van der Waals surface area contributed by atoms with Gasteiger partial charge in [0.05, 0.1) is 12.2 Å². The van der Waals surface area contributed by atoms with Gasteiger partial charge in [0.25, 0.3) is 0 Å². The molecule has 0 aromatic heterocycles. The molecule has 2 saturated heterocycles. The van der Waals surface area contributed by atoms with E-state index in [1.807, 2.05) is 9.80 Å². The van der Waals surface area contributed by atoms with Gasteiger partial charge in [-0.15, -0.1) is 0 Å². The zero-order chi connectivity index (χ0) is 13.8. The van der Waals surface area contributed by atoms with Crippen molar-refractivity contribution in [1.82, 2.24) is 14.7 Å². The lowest BCUT2D eigenvalue weighted by atomic mass is 10.3. The van der Waals surface area contributed by atoms with Crippen molar-refractivity contribution >= 4 is 6.03 Å². The average molecular weight is 269 g/mol. The van der Waals surface area contributed by atoms with Crippen LogP contribution in [-0.2, 0) is 4.74 Å². The molecule has 2 aliphatic heterocycles. The number of likely N-dealkylation sites (tertiary alicyclic amines) is 1. The topological polar surface area (TPSA) is 36.0 Å². The highest BCUT2D eigenvalue weighted by atomic mass is 16.5. The Morgan fingerprint density at radius 2 is 1.84 bits per heavy atom. The maximum Gasteiger partial charge on any atom is 0.320 e. The van der Waals surface area contributed by atoms with E-state index in [4.69, 9.17) is 4.74 Å². The summed E-state index contributed by atoms with van der Waals surface area (Å²) in [6.45, 7) is 12.7. The second-order valence-corrected chi connectivity index (χ2v) is 5.75. The highest BCUT2D eigenvalue weighted by molar-refractivity contribution is 5.75. The lowest BCUT2D eigenvalue weighted by Gasteiger charge is -2.36. The van der Waals surface area contributed by atoms with Crippen LogP contribution in [0.2, 0.25) is 0 Å². The molecule has 0 radical (unpaired) electrons. The van der Waals surface area contributed by atoms with E-state index in [1.165, 1.54) is 0 Å². The van der Waals surface area contributed by atoms with Gasteiger partial charge in [0.1, 0.15) is 0 Å². The molecule has 0 aromatic rings. The summed E-state index contributed by atoms with van der Waals surface area (Å²) >= 11 is 0. The van der Waals surface area contributed by atoms with Crippen LogP contribution < -0.4 is 0 Å². The van der Waals surface area contributed by atoms with Gasteiger partial charge in [-0.25, -0.2) is 4.79 Å². The number of ether oxygens (including phenoxy) is 1. The second kappa shape index (κ2) is 6.57. The fraction of sp³-hybridized carbons (Fsp3) is 0.929. The molecule has 2 heterocycles. The van der Waals surface area contributed by atoms with E-state index >= 15 is 0 Å². The van der Waals surface area contributed by atoms with Crippen LogP contribution in [0.4, 0.5) is 4.79 Å².